The number of nitrogens with zero attached hydrogens (tertiary/aromatic N) is 3. The Bertz CT molecular complexity index is 1380. The van der Waals surface area contributed by atoms with E-state index < -0.39 is 6.10 Å². The lowest BCUT2D eigenvalue weighted by Crippen LogP contribution is -2.33. The van der Waals surface area contributed by atoms with Crippen LogP contribution in [0.1, 0.15) is 42.4 Å². The summed E-state index contributed by atoms with van der Waals surface area (Å²) in [6.45, 7) is 6.54. The van der Waals surface area contributed by atoms with Crippen LogP contribution in [0.25, 0.3) is 10.9 Å². The largest absolute Gasteiger partial charge is 0.489 e. The Morgan fingerprint density at radius 2 is 1.95 bits per heavy atom. The van der Waals surface area contributed by atoms with E-state index in [0.29, 0.717) is 40.3 Å². The number of aromatic nitrogens is 1. The zero-order chi connectivity index (χ0) is 26.6. The van der Waals surface area contributed by atoms with Crippen molar-refractivity contribution in [3.63, 3.8) is 0 Å². The number of aliphatic hydroxyl groups excluding tert-OH is 1. The Hall–Kier alpha value is -3.87. The number of carbonyl (C=O) groups is 1. The molecule has 1 saturated carbocycles. The van der Waals surface area contributed by atoms with Gasteiger partial charge in [-0.25, -0.2) is 4.79 Å². The Morgan fingerprint density at radius 1 is 1.16 bits per heavy atom. The van der Waals surface area contributed by atoms with E-state index in [1.807, 2.05) is 26.0 Å². The number of hydrogen-bond donors (Lipinski definition) is 3. The second kappa shape index (κ2) is 11.3. The smallest absolute Gasteiger partial charge is 0.319 e. The molecule has 38 heavy (non-hydrogen) atoms. The molecule has 1 aromatic heterocycles. The summed E-state index contributed by atoms with van der Waals surface area (Å²) in [7, 11) is 0. The van der Waals surface area contributed by atoms with Gasteiger partial charge < -0.3 is 30.1 Å². The van der Waals surface area contributed by atoms with Crippen molar-refractivity contribution in [1.29, 1.82) is 5.26 Å². The monoisotopic (exact) mass is 515 g/mol. The van der Waals surface area contributed by atoms with Crippen LogP contribution in [0.15, 0.2) is 36.5 Å². The van der Waals surface area contributed by atoms with Gasteiger partial charge in [0.05, 0.1) is 11.1 Å². The van der Waals surface area contributed by atoms with Gasteiger partial charge in [-0.15, -0.1) is 0 Å². The van der Waals surface area contributed by atoms with Crippen LogP contribution in [0.4, 0.5) is 10.5 Å². The van der Waals surface area contributed by atoms with Gasteiger partial charge in [-0.05, 0) is 88.0 Å². The van der Waals surface area contributed by atoms with Gasteiger partial charge in [0.25, 0.3) is 0 Å². The summed E-state index contributed by atoms with van der Waals surface area (Å²) < 4.78 is 12.1. The standard InChI is InChI=1S/C29H33N5O4/c1-18-19(2)26(8-7-24(18)33-29(36)32-21-5-6-21)38-27-9-10-31-25-14-28(20(15-30)13-23(25)27)37-17-22(35)16-34-11-3-4-12-34/h7-10,13-14,21-22,35H,3-6,11-12,16-17H2,1-2H3,(H2,32,33,36)/t22-/m1/s1. The van der Waals surface area contributed by atoms with Gasteiger partial charge in [0.2, 0.25) is 0 Å². The number of ether oxygens (including phenoxy) is 2. The van der Waals surface area contributed by atoms with E-state index in [0.717, 1.165) is 55.6 Å². The van der Waals surface area contributed by atoms with E-state index in [-0.39, 0.29) is 18.7 Å². The average Bonchev–Trinajstić information content (AvgIpc) is 3.57. The Kier molecular flexibility index (Phi) is 7.63. The first-order valence-corrected chi connectivity index (χ1v) is 13.1. The zero-order valence-electron chi connectivity index (χ0n) is 21.8. The zero-order valence-corrected chi connectivity index (χ0v) is 21.8. The number of anilines is 1. The van der Waals surface area contributed by atoms with E-state index in [4.69, 9.17) is 9.47 Å². The molecule has 1 aliphatic carbocycles. The van der Waals surface area contributed by atoms with Crippen LogP contribution in [0.5, 0.6) is 17.2 Å². The highest BCUT2D eigenvalue weighted by Crippen LogP contribution is 2.36. The van der Waals surface area contributed by atoms with Crippen molar-refractivity contribution in [3.8, 4) is 23.3 Å². The first-order chi connectivity index (χ1) is 18.4. The van der Waals surface area contributed by atoms with Crippen LogP contribution in [0.2, 0.25) is 0 Å². The molecule has 1 aliphatic heterocycles. The van der Waals surface area contributed by atoms with Gasteiger partial charge in [0.15, 0.2) is 0 Å². The number of β-amino-alcohol motifs (C(OH)–C–C–N with tert-alkyl or cyclic N) is 1. The third-order valence-electron chi connectivity index (χ3n) is 7.14. The minimum Gasteiger partial charge on any atom is -0.489 e. The van der Waals surface area contributed by atoms with Crippen molar-refractivity contribution in [3.05, 3.63) is 53.2 Å². The lowest BCUT2D eigenvalue weighted by atomic mass is 10.1. The average molecular weight is 516 g/mol. The number of pyridine rings is 1. The molecule has 3 aromatic rings. The fourth-order valence-corrected chi connectivity index (χ4v) is 4.68. The van der Waals surface area contributed by atoms with Gasteiger partial charge in [0, 0.05) is 35.9 Å². The third kappa shape index (κ3) is 5.98. The molecule has 1 saturated heterocycles. The summed E-state index contributed by atoms with van der Waals surface area (Å²) in [5, 5.41) is 26.7. The van der Waals surface area contributed by atoms with Crippen LogP contribution in [0, 0.1) is 25.2 Å². The lowest BCUT2D eigenvalue weighted by molar-refractivity contribution is 0.0758. The van der Waals surface area contributed by atoms with Crippen molar-refractivity contribution in [2.75, 3.05) is 31.6 Å². The van der Waals surface area contributed by atoms with Gasteiger partial charge in [-0.2, -0.15) is 5.26 Å². The van der Waals surface area contributed by atoms with Crippen LogP contribution in [-0.4, -0.2) is 59.4 Å². The lowest BCUT2D eigenvalue weighted by Gasteiger charge is -2.20. The Morgan fingerprint density at radius 3 is 2.68 bits per heavy atom. The Balaban J connectivity index is 1.32. The number of carbonyl (C=O) groups excluding carboxylic acids is 1. The molecule has 0 unspecified atom stereocenters. The number of fused-ring (bicyclic) bond motifs is 1. The van der Waals surface area contributed by atoms with Crippen molar-refractivity contribution in [1.82, 2.24) is 15.2 Å². The molecule has 9 heteroatoms. The number of urea groups is 1. The maximum absolute atomic E-state index is 12.2. The topological polar surface area (TPSA) is 120 Å². The summed E-state index contributed by atoms with van der Waals surface area (Å²) in [6.07, 6.45) is 5.38. The van der Waals surface area contributed by atoms with Crippen LogP contribution in [0.3, 0.4) is 0 Å². The van der Waals surface area contributed by atoms with E-state index >= 15 is 0 Å². The fraction of sp³-hybridized carbons (Fsp3) is 0.414. The number of likely N-dealkylation sites (tertiary alicyclic amines) is 1. The maximum Gasteiger partial charge on any atom is 0.319 e. The highest BCUT2D eigenvalue weighted by Gasteiger charge is 2.23. The van der Waals surface area contributed by atoms with Gasteiger partial charge in [0.1, 0.15) is 36.0 Å². The molecule has 5 rings (SSSR count). The first kappa shape index (κ1) is 25.8. The minimum absolute atomic E-state index is 0.102. The van der Waals surface area contributed by atoms with E-state index in [1.54, 1.807) is 24.4 Å². The number of benzene rings is 2. The second-order valence-electron chi connectivity index (χ2n) is 10.1. The molecule has 2 fully saturated rings. The molecule has 1 atom stereocenters. The summed E-state index contributed by atoms with van der Waals surface area (Å²) >= 11 is 0. The highest BCUT2D eigenvalue weighted by atomic mass is 16.5. The third-order valence-corrected chi connectivity index (χ3v) is 7.14. The first-order valence-electron chi connectivity index (χ1n) is 13.1. The molecule has 2 aliphatic rings. The van der Waals surface area contributed by atoms with Gasteiger partial charge in [-0.3, -0.25) is 4.98 Å². The molecule has 0 radical (unpaired) electrons. The second-order valence-corrected chi connectivity index (χ2v) is 10.1. The summed E-state index contributed by atoms with van der Waals surface area (Å²) in [6, 6.07) is 11.1. The molecular weight excluding hydrogens is 482 g/mol. The highest BCUT2D eigenvalue weighted by molar-refractivity contribution is 5.91. The number of amides is 2. The SMILES string of the molecule is Cc1c(NC(=O)NC2CC2)ccc(Oc2ccnc3cc(OC[C@H](O)CN4CCCC4)c(C#N)cc23)c1C. The number of aliphatic hydroxyl groups is 1. The summed E-state index contributed by atoms with van der Waals surface area (Å²) in [5.74, 6) is 1.59. The van der Waals surface area contributed by atoms with Crippen molar-refractivity contribution in [2.24, 2.45) is 0 Å². The minimum atomic E-state index is -0.638. The summed E-state index contributed by atoms with van der Waals surface area (Å²) in [5.41, 5.74) is 3.50. The number of rotatable bonds is 9. The number of hydrogen-bond acceptors (Lipinski definition) is 7. The van der Waals surface area contributed by atoms with Gasteiger partial charge in [-0.1, -0.05) is 0 Å². The molecular formula is C29H33N5O4. The van der Waals surface area contributed by atoms with Crippen molar-refractivity contribution < 1.29 is 19.4 Å². The van der Waals surface area contributed by atoms with E-state index in [1.165, 1.54) is 0 Å². The molecule has 198 valence electrons. The van der Waals surface area contributed by atoms with Gasteiger partial charge >= 0.3 is 6.03 Å². The Labute approximate surface area is 222 Å². The van der Waals surface area contributed by atoms with Crippen LogP contribution in [-0.2, 0) is 0 Å². The molecule has 2 heterocycles. The molecule has 0 bridgehead atoms. The fourth-order valence-electron chi connectivity index (χ4n) is 4.68. The van der Waals surface area contributed by atoms with Crippen LogP contribution >= 0.6 is 0 Å². The summed E-state index contributed by atoms with van der Waals surface area (Å²) in [4.78, 5) is 18.9. The van der Waals surface area contributed by atoms with Crippen molar-refractivity contribution in [2.45, 2.75) is 51.7 Å². The van der Waals surface area contributed by atoms with Crippen molar-refractivity contribution >= 4 is 22.6 Å². The van der Waals surface area contributed by atoms with E-state index in [2.05, 4.69) is 26.6 Å². The molecule has 0 spiro atoms. The number of nitrogens with one attached hydrogen (secondary N) is 2. The molecule has 2 aromatic carbocycles. The predicted molar refractivity (Wildman–Crippen MR) is 145 cm³/mol. The molecule has 9 nitrogen and oxygen atoms in total. The van der Waals surface area contributed by atoms with Crippen LogP contribution < -0.4 is 20.1 Å². The predicted octanol–water partition coefficient (Wildman–Crippen LogP) is 4.64. The molecule has 3 N–H and O–H groups in total. The van der Waals surface area contributed by atoms with E-state index in [9.17, 15) is 15.2 Å². The molecule has 2 amide bonds. The quantitative estimate of drug-likeness (QED) is 0.380. The normalized spacial score (nSPS) is 16.2. The maximum atomic E-state index is 12.2. The number of nitriles is 1.